The zero-order valence-corrected chi connectivity index (χ0v) is 17.2. The third-order valence-corrected chi connectivity index (χ3v) is 8.03. The number of carbonyl (C=O) groups is 1. The number of rotatable bonds is 5. The second kappa shape index (κ2) is 7.88. The first-order valence-corrected chi connectivity index (χ1v) is 11.5. The summed E-state index contributed by atoms with van der Waals surface area (Å²) in [7, 11) is -3.55. The monoisotopic (exact) mass is 416 g/mol. The number of nitrogens with zero attached hydrogens (tertiary/aromatic N) is 1. The molecule has 2 fully saturated rings. The molecule has 2 aliphatic rings. The molecule has 2 aliphatic heterocycles. The molecule has 154 valence electrons. The molecule has 2 aromatic carbocycles. The molecule has 7 heteroatoms. The topological polar surface area (TPSA) is 66.5 Å². The molecule has 2 saturated heterocycles. The third-order valence-electron chi connectivity index (χ3n) is 6.01. The maximum atomic E-state index is 13.2. The van der Waals surface area contributed by atoms with Crippen LogP contribution in [0.4, 0.5) is 4.39 Å². The van der Waals surface area contributed by atoms with Gasteiger partial charge in [0.1, 0.15) is 5.82 Å². The van der Waals surface area contributed by atoms with Crippen molar-refractivity contribution in [1.29, 1.82) is 0 Å². The van der Waals surface area contributed by atoms with Crippen LogP contribution in [0.5, 0.6) is 0 Å². The normalized spacial score (nSPS) is 24.4. The number of amides is 1. The molecule has 4 rings (SSSR count). The number of carbonyl (C=O) groups excluding carboxylic acids is 1. The van der Waals surface area contributed by atoms with E-state index in [0.717, 1.165) is 24.8 Å². The second-order valence-electron chi connectivity index (χ2n) is 7.87. The highest BCUT2D eigenvalue weighted by molar-refractivity contribution is 7.89. The Morgan fingerprint density at radius 3 is 2.17 bits per heavy atom. The molecule has 2 aromatic rings. The molecule has 1 N–H and O–H groups in total. The zero-order valence-electron chi connectivity index (χ0n) is 16.3. The molecule has 2 heterocycles. The minimum atomic E-state index is -3.55. The van der Waals surface area contributed by atoms with E-state index in [1.807, 2.05) is 19.1 Å². The highest BCUT2D eigenvalue weighted by Gasteiger charge is 2.47. The predicted octanol–water partition coefficient (Wildman–Crippen LogP) is 3.50. The average Bonchev–Trinajstić information content (AvgIpc) is 3.00. The molecule has 2 unspecified atom stereocenters. The molecule has 0 saturated carbocycles. The lowest BCUT2D eigenvalue weighted by Gasteiger charge is -2.38. The van der Waals surface area contributed by atoms with Crippen LogP contribution in [0.15, 0.2) is 53.4 Å². The van der Waals surface area contributed by atoms with Crippen molar-refractivity contribution >= 4 is 15.9 Å². The number of sulfonamides is 1. The Morgan fingerprint density at radius 2 is 1.62 bits per heavy atom. The fourth-order valence-corrected chi connectivity index (χ4v) is 6.42. The van der Waals surface area contributed by atoms with Gasteiger partial charge in [0, 0.05) is 23.7 Å². The third kappa shape index (κ3) is 3.94. The first-order valence-electron chi connectivity index (χ1n) is 10.1. The average molecular weight is 417 g/mol. The summed E-state index contributed by atoms with van der Waals surface area (Å²) in [6, 6.07) is 12.2. The largest absolute Gasteiger partial charge is 0.349 e. The summed E-state index contributed by atoms with van der Waals surface area (Å²) in [6.45, 7) is 2.04. The highest BCUT2D eigenvalue weighted by Crippen LogP contribution is 2.39. The molecular weight excluding hydrogens is 391 g/mol. The quantitative estimate of drug-likeness (QED) is 0.811. The van der Waals surface area contributed by atoms with Crippen LogP contribution in [-0.4, -0.2) is 36.8 Å². The molecule has 5 nitrogen and oxygen atoms in total. The van der Waals surface area contributed by atoms with Crippen molar-refractivity contribution in [3.63, 3.8) is 0 Å². The van der Waals surface area contributed by atoms with Crippen molar-refractivity contribution in [1.82, 2.24) is 9.62 Å². The van der Waals surface area contributed by atoms with Crippen LogP contribution < -0.4 is 5.32 Å². The lowest BCUT2D eigenvalue weighted by molar-refractivity contribution is 0.0909. The van der Waals surface area contributed by atoms with E-state index >= 15 is 0 Å². The summed E-state index contributed by atoms with van der Waals surface area (Å²) in [5.74, 6) is -0.633. The van der Waals surface area contributed by atoms with Gasteiger partial charge < -0.3 is 5.32 Å². The smallest absolute Gasteiger partial charge is 0.251 e. The van der Waals surface area contributed by atoms with Gasteiger partial charge in [-0.05, 0) is 74.1 Å². The minimum absolute atomic E-state index is 0.0843. The van der Waals surface area contributed by atoms with Crippen LogP contribution in [-0.2, 0) is 16.4 Å². The number of aryl methyl sites for hydroxylation is 1. The van der Waals surface area contributed by atoms with Gasteiger partial charge in [0.15, 0.2) is 0 Å². The summed E-state index contributed by atoms with van der Waals surface area (Å²) in [5.41, 5.74) is 1.51. The first kappa shape index (κ1) is 20.0. The predicted molar refractivity (Wildman–Crippen MR) is 109 cm³/mol. The molecule has 0 aliphatic carbocycles. The Morgan fingerprint density at radius 1 is 1.03 bits per heavy atom. The van der Waals surface area contributed by atoms with E-state index in [9.17, 15) is 17.6 Å². The number of nitrogens with one attached hydrogen (secondary N) is 1. The summed E-state index contributed by atoms with van der Waals surface area (Å²) in [4.78, 5) is 12.8. The molecular formula is C22H25FN2O3S. The standard InChI is InChI=1S/C22H25FN2O3S/c1-2-15-3-11-21(12-4-15)29(27,28)25-19-9-10-20(25)14-18(13-19)24-22(26)16-5-7-17(23)8-6-16/h3-8,11-12,18-20H,2,9-10,13-14H2,1H3,(H,24,26). The number of piperidine rings is 1. The van der Waals surface area contributed by atoms with Gasteiger partial charge in [0.05, 0.1) is 4.90 Å². The van der Waals surface area contributed by atoms with Crippen molar-refractivity contribution in [2.24, 2.45) is 0 Å². The fourth-order valence-electron chi connectivity index (χ4n) is 4.53. The van der Waals surface area contributed by atoms with Crippen molar-refractivity contribution in [2.75, 3.05) is 0 Å². The second-order valence-corrected chi connectivity index (χ2v) is 9.71. The van der Waals surface area contributed by atoms with Crippen molar-refractivity contribution in [3.05, 3.63) is 65.5 Å². The SMILES string of the molecule is CCc1ccc(S(=O)(=O)N2C3CCC2CC(NC(=O)c2ccc(F)cc2)C3)cc1. The lowest BCUT2D eigenvalue weighted by atomic mass is 9.99. The number of hydrogen-bond acceptors (Lipinski definition) is 3. The van der Waals surface area contributed by atoms with Gasteiger partial charge in [-0.15, -0.1) is 0 Å². The van der Waals surface area contributed by atoms with Crippen molar-refractivity contribution in [3.8, 4) is 0 Å². The molecule has 2 atom stereocenters. The Bertz CT molecular complexity index is 976. The molecule has 1 amide bonds. The lowest BCUT2D eigenvalue weighted by Crippen LogP contribution is -2.52. The van der Waals surface area contributed by atoms with Gasteiger partial charge in [0.2, 0.25) is 10.0 Å². The van der Waals surface area contributed by atoms with E-state index in [2.05, 4.69) is 5.32 Å². The van der Waals surface area contributed by atoms with E-state index < -0.39 is 10.0 Å². The van der Waals surface area contributed by atoms with Crippen LogP contribution in [0.3, 0.4) is 0 Å². The summed E-state index contributed by atoms with van der Waals surface area (Å²) < 4.78 is 41.2. The van der Waals surface area contributed by atoms with Crippen LogP contribution in [0, 0.1) is 5.82 Å². The van der Waals surface area contributed by atoms with E-state index in [0.29, 0.717) is 23.3 Å². The van der Waals surface area contributed by atoms with Crippen LogP contribution in [0.1, 0.15) is 48.5 Å². The van der Waals surface area contributed by atoms with Crippen LogP contribution in [0.2, 0.25) is 0 Å². The van der Waals surface area contributed by atoms with Gasteiger partial charge in [-0.2, -0.15) is 4.31 Å². The Hall–Kier alpha value is -2.25. The molecule has 29 heavy (non-hydrogen) atoms. The number of halogens is 1. The Kier molecular flexibility index (Phi) is 5.44. The molecule has 2 bridgehead atoms. The number of benzene rings is 2. The zero-order chi connectivity index (χ0) is 20.6. The van der Waals surface area contributed by atoms with Gasteiger partial charge in [-0.3, -0.25) is 4.79 Å². The van der Waals surface area contributed by atoms with Crippen molar-refractivity contribution in [2.45, 2.75) is 62.0 Å². The number of fused-ring (bicyclic) bond motifs is 2. The van der Waals surface area contributed by atoms with Gasteiger partial charge in [-0.25, -0.2) is 12.8 Å². The van der Waals surface area contributed by atoms with E-state index in [-0.39, 0.29) is 29.8 Å². The van der Waals surface area contributed by atoms with Gasteiger partial charge in [0.25, 0.3) is 5.91 Å². The number of hydrogen-bond donors (Lipinski definition) is 1. The Balaban J connectivity index is 1.47. The fraction of sp³-hybridized carbons (Fsp3) is 0.409. The van der Waals surface area contributed by atoms with E-state index in [1.54, 1.807) is 16.4 Å². The molecule has 0 aromatic heterocycles. The summed E-state index contributed by atoms with van der Waals surface area (Å²) in [6.07, 6.45) is 3.66. The van der Waals surface area contributed by atoms with Crippen LogP contribution in [0.25, 0.3) is 0 Å². The van der Waals surface area contributed by atoms with Gasteiger partial charge in [-0.1, -0.05) is 19.1 Å². The molecule has 0 radical (unpaired) electrons. The summed E-state index contributed by atoms with van der Waals surface area (Å²) >= 11 is 0. The molecule has 0 spiro atoms. The van der Waals surface area contributed by atoms with Crippen molar-refractivity contribution < 1.29 is 17.6 Å². The maximum absolute atomic E-state index is 13.2. The maximum Gasteiger partial charge on any atom is 0.251 e. The highest BCUT2D eigenvalue weighted by atomic mass is 32.2. The van der Waals surface area contributed by atoms with E-state index in [1.165, 1.54) is 24.3 Å². The van der Waals surface area contributed by atoms with E-state index in [4.69, 9.17) is 0 Å². The Labute approximate surface area is 171 Å². The van der Waals surface area contributed by atoms with Crippen LogP contribution >= 0.6 is 0 Å². The summed E-state index contributed by atoms with van der Waals surface area (Å²) in [5, 5.41) is 3.00. The minimum Gasteiger partial charge on any atom is -0.349 e. The van der Waals surface area contributed by atoms with Gasteiger partial charge >= 0.3 is 0 Å². The first-order chi connectivity index (χ1) is 13.9.